The third kappa shape index (κ3) is 5.52. The summed E-state index contributed by atoms with van der Waals surface area (Å²) in [5.41, 5.74) is 9.65. The van der Waals surface area contributed by atoms with Gasteiger partial charge in [-0.05, 0) is 68.7 Å². The molecule has 0 heterocycles. The van der Waals surface area contributed by atoms with Gasteiger partial charge in [-0.25, -0.2) is 0 Å². The van der Waals surface area contributed by atoms with Crippen molar-refractivity contribution in [3.8, 4) is 5.75 Å². The Hall–Kier alpha value is -0.730. The summed E-state index contributed by atoms with van der Waals surface area (Å²) in [4.78, 5) is 0. The summed E-state index contributed by atoms with van der Waals surface area (Å²) >= 11 is 6.34. The first-order valence-electron chi connectivity index (χ1n) is 8.18. The van der Waals surface area contributed by atoms with Gasteiger partial charge in [0.1, 0.15) is 5.75 Å². The molecule has 0 saturated carbocycles. The largest absolute Gasteiger partial charge is 0.493 e. The maximum atomic E-state index is 6.34. The second-order valence-electron chi connectivity index (χ2n) is 5.90. The van der Waals surface area contributed by atoms with Crippen LogP contribution >= 0.6 is 11.6 Å². The highest BCUT2D eigenvalue weighted by atomic mass is 35.5. The highest BCUT2D eigenvalue weighted by Gasteiger charge is 2.14. The Balaban J connectivity index is 2.82. The summed E-state index contributed by atoms with van der Waals surface area (Å²) in [6.07, 6.45) is 6.41. The van der Waals surface area contributed by atoms with E-state index in [9.17, 15) is 0 Å². The van der Waals surface area contributed by atoms with Crippen LogP contribution in [0.1, 0.15) is 62.6 Å². The van der Waals surface area contributed by atoms with E-state index in [4.69, 9.17) is 22.1 Å². The lowest BCUT2D eigenvalue weighted by Crippen LogP contribution is -2.19. The maximum Gasteiger partial charge on any atom is 0.125 e. The Bertz CT molecular complexity index is 445. The molecule has 0 aromatic heterocycles. The fourth-order valence-electron chi connectivity index (χ4n) is 2.68. The molecule has 1 rings (SSSR count). The second-order valence-corrected chi connectivity index (χ2v) is 6.30. The van der Waals surface area contributed by atoms with Crippen molar-refractivity contribution in [1.29, 1.82) is 0 Å². The molecule has 0 spiro atoms. The average Bonchev–Trinajstić information content (AvgIpc) is 2.43. The van der Waals surface area contributed by atoms with Crippen LogP contribution in [0.5, 0.6) is 5.75 Å². The number of aryl methyl sites for hydroxylation is 1. The minimum atomic E-state index is 0.315. The number of halogens is 1. The molecule has 0 aliphatic rings. The molecule has 1 aromatic rings. The third-order valence-corrected chi connectivity index (χ3v) is 4.29. The first kappa shape index (κ1) is 18.3. The monoisotopic (exact) mass is 311 g/mol. The average molecular weight is 312 g/mol. The van der Waals surface area contributed by atoms with Crippen molar-refractivity contribution in [3.63, 3.8) is 0 Å². The van der Waals surface area contributed by atoms with Crippen LogP contribution in [-0.4, -0.2) is 12.6 Å². The van der Waals surface area contributed by atoms with Gasteiger partial charge >= 0.3 is 0 Å². The van der Waals surface area contributed by atoms with Crippen LogP contribution < -0.4 is 10.5 Å². The minimum absolute atomic E-state index is 0.315. The Labute approximate surface area is 135 Å². The summed E-state index contributed by atoms with van der Waals surface area (Å²) in [7, 11) is 0. The van der Waals surface area contributed by atoms with E-state index in [1.807, 2.05) is 6.07 Å². The minimum Gasteiger partial charge on any atom is -0.493 e. The molecule has 0 amide bonds. The van der Waals surface area contributed by atoms with Crippen molar-refractivity contribution in [2.45, 2.75) is 72.3 Å². The van der Waals surface area contributed by atoms with E-state index in [0.717, 1.165) is 67.0 Å². The van der Waals surface area contributed by atoms with E-state index in [1.54, 1.807) is 0 Å². The number of benzene rings is 1. The van der Waals surface area contributed by atoms with Crippen molar-refractivity contribution in [2.24, 2.45) is 5.73 Å². The lowest BCUT2D eigenvalue weighted by atomic mass is 9.96. The smallest absolute Gasteiger partial charge is 0.125 e. The molecule has 2 nitrogen and oxygen atoms in total. The number of hydrogen-bond acceptors (Lipinski definition) is 2. The number of nitrogens with two attached hydrogens (primary N) is 1. The molecule has 0 bridgehead atoms. The number of ether oxygens (including phenoxy) is 1. The van der Waals surface area contributed by atoms with Gasteiger partial charge in [-0.3, -0.25) is 0 Å². The molecule has 2 N–H and O–H groups in total. The molecule has 1 aromatic carbocycles. The summed E-state index contributed by atoms with van der Waals surface area (Å²) in [5, 5.41) is 0.837. The summed E-state index contributed by atoms with van der Waals surface area (Å²) in [6.45, 7) is 9.22. The molecular formula is C18H30ClNO. The summed E-state index contributed by atoms with van der Waals surface area (Å²) in [5.74, 6) is 1.03. The van der Waals surface area contributed by atoms with Gasteiger partial charge in [0.2, 0.25) is 0 Å². The zero-order valence-corrected chi connectivity index (χ0v) is 14.7. The Kier molecular flexibility index (Phi) is 8.13. The van der Waals surface area contributed by atoms with Gasteiger partial charge in [-0.15, -0.1) is 0 Å². The van der Waals surface area contributed by atoms with Gasteiger partial charge in [0.25, 0.3) is 0 Å². The number of rotatable bonds is 9. The molecule has 0 radical (unpaired) electrons. The van der Waals surface area contributed by atoms with E-state index in [-0.39, 0.29) is 0 Å². The Morgan fingerprint density at radius 1 is 1.19 bits per heavy atom. The fourth-order valence-corrected chi connectivity index (χ4v) is 2.96. The lowest BCUT2D eigenvalue weighted by Gasteiger charge is -2.18. The third-order valence-electron chi connectivity index (χ3n) is 3.90. The highest BCUT2D eigenvalue weighted by molar-refractivity contribution is 6.31. The van der Waals surface area contributed by atoms with Crippen LogP contribution in [0.25, 0.3) is 0 Å². The van der Waals surface area contributed by atoms with Crippen molar-refractivity contribution in [1.82, 2.24) is 0 Å². The zero-order valence-electron chi connectivity index (χ0n) is 14.0. The Morgan fingerprint density at radius 3 is 2.52 bits per heavy atom. The van der Waals surface area contributed by atoms with Crippen LogP contribution in [0.3, 0.4) is 0 Å². The molecule has 21 heavy (non-hydrogen) atoms. The highest BCUT2D eigenvalue weighted by Crippen LogP contribution is 2.33. The molecule has 1 unspecified atom stereocenters. The van der Waals surface area contributed by atoms with Gasteiger partial charge in [0.05, 0.1) is 6.61 Å². The van der Waals surface area contributed by atoms with Crippen molar-refractivity contribution in [3.05, 3.63) is 27.8 Å². The van der Waals surface area contributed by atoms with Crippen molar-refractivity contribution >= 4 is 11.6 Å². The first-order chi connectivity index (χ1) is 10.0. The van der Waals surface area contributed by atoms with Crippen LogP contribution in [-0.2, 0) is 6.42 Å². The van der Waals surface area contributed by atoms with E-state index < -0.39 is 0 Å². The zero-order chi connectivity index (χ0) is 15.8. The molecule has 0 aliphatic carbocycles. The second kappa shape index (κ2) is 9.32. The molecule has 1 atom stereocenters. The van der Waals surface area contributed by atoms with Gasteiger partial charge in [-0.1, -0.05) is 31.9 Å². The van der Waals surface area contributed by atoms with Crippen LogP contribution in [0, 0.1) is 13.8 Å². The van der Waals surface area contributed by atoms with Crippen molar-refractivity contribution < 1.29 is 4.74 Å². The SMILES string of the molecule is CCCOc1c(C)cc(Cl)c(C)c1CCCC(N)CCC. The standard InChI is InChI=1S/C18H30ClNO/c1-5-8-15(20)9-7-10-16-14(4)17(19)12-13(3)18(16)21-11-6-2/h12,15H,5-11,20H2,1-4H3. The van der Waals surface area contributed by atoms with Crippen LogP contribution in [0.2, 0.25) is 5.02 Å². The van der Waals surface area contributed by atoms with Gasteiger partial charge in [0, 0.05) is 11.1 Å². The van der Waals surface area contributed by atoms with E-state index in [0.29, 0.717) is 6.04 Å². The molecule has 0 aliphatic heterocycles. The predicted molar refractivity (Wildman–Crippen MR) is 92.5 cm³/mol. The van der Waals surface area contributed by atoms with E-state index in [2.05, 4.69) is 27.7 Å². The maximum absolute atomic E-state index is 6.34. The molecule has 0 fully saturated rings. The van der Waals surface area contributed by atoms with E-state index in [1.165, 1.54) is 5.56 Å². The van der Waals surface area contributed by atoms with Gasteiger partial charge in [-0.2, -0.15) is 0 Å². The quantitative estimate of drug-likeness (QED) is 0.680. The van der Waals surface area contributed by atoms with Crippen LogP contribution in [0.15, 0.2) is 6.07 Å². The first-order valence-corrected chi connectivity index (χ1v) is 8.55. The normalized spacial score (nSPS) is 12.5. The van der Waals surface area contributed by atoms with Gasteiger partial charge in [0.15, 0.2) is 0 Å². The number of hydrogen-bond donors (Lipinski definition) is 1. The fraction of sp³-hybridized carbons (Fsp3) is 0.667. The Morgan fingerprint density at radius 2 is 1.90 bits per heavy atom. The predicted octanol–water partition coefficient (Wildman–Crippen LogP) is 5.20. The molecule has 3 heteroatoms. The van der Waals surface area contributed by atoms with E-state index >= 15 is 0 Å². The lowest BCUT2D eigenvalue weighted by molar-refractivity contribution is 0.311. The van der Waals surface area contributed by atoms with Gasteiger partial charge < -0.3 is 10.5 Å². The van der Waals surface area contributed by atoms with Crippen molar-refractivity contribution in [2.75, 3.05) is 6.61 Å². The summed E-state index contributed by atoms with van der Waals surface area (Å²) in [6, 6.07) is 2.32. The molecule has 0 saturated heterocycles. The molecular weight excluding hydrogens is 282 g/mol. The summed E-state index contributed by atoms with van der Waals surface area (Å²) < 4.78 is 5.97. The topological polar surface area (TPSA) is 35.2 Å². The molecule has 120 valence electrons. The van der Waals surface area contributed by atoms with Crippen LogP contribution in [0.4, 0.5) is 0 Å².